The van der Waals surface area contributed by atoms with Crippen LogP contribution in [0.1, 0.15) is 58.9 Å². The Hall–Kier alpha value is -4.04. The predicted octanol–water partition coefficient (Wildman–Crippen LogP) is 4.00. The van der Waals surface area contributed by atoms with Gasteiger partial charge in [0.05, 0.1) is 39.5 Å². The number of carbonyl (C=O) groups is 2. The molecule has 2 N–H and O–H groups in total. The quantitative estimate of drug-likeness (QED) is 0.281. The summed E-state index contributed by atoms with van der Waals surface area (Å²) in [4.78, 5) is 33.4. The van der Waals surface area contributed by atoms with Crippen LogP contribution >= 0.6 is 22.7 Å². The zero-order valence-electron chi connectivity index (χ0n) is 22.0. The summed E-state index contributed by atoms with van der Waals surface area (Å²) in [6, 6.07) is 7.06. The van der Waals surface area contributed by atoms with E-state index in [0.29, 0.717) is 33.1 Å². The monoisotopic (exact) mass is 580 g/mol. The summed E-state index contributed by atoms with van der Waals surface area (Å²) in [6.07, 6.45) is 7.30. The lowest BCUT2D eigenvalue weighted by Gasteiger charge is -2.25. The van der Waals surface area contributed by atoms with Crippen LogP contribution in [0.15, 0.2) is 36.7 Å². The number of carbonyl (C=O) groups excluding carboxylic acids is 2. The Morgan fingerprint density at radius 3 is 1.65 bits per heavy atom. The van der Waals surface area contributed by atoms with Crippen molar-refractivity contribution in [3.8, 4) is 11.5 Å². The van der Waals surface area contributed by atoms with Crippen LogP contribution in [0.5, 0.6) is 11.5 Å². The van der Waals surface area contributed by atoms with Gasteiger partial charge in [0.15, 0.2) is 0 Å². The van der Waals surface area contributed by atoms with E-state index in [4.69, 9.17) is 9.47 Å². The first-order valence-electron chi connectivity index (χ1n) is 12.7. The van der Waals surface area contributed by atoms with Gasteiger partial charge in [0.25, 0.3) is 0 Å². The number of methoxy groups -OCH3 is 2. The molecule has 2 amide bonds. The van der Waals surface area contributed by atoms with E-state index in [1.165, 1.54) is 22.7 Å². The normalized spacial score (nSPS) is 16.8. The lowest BCUT2D eigenvalue weighted by Crippen LogP contribution is -2.15. The number of ether oxygens (including phenoxy) is 2. The third kappa shape index (κ3) is 7.12. The van der Waals surface area contributed by atoms with Gasteiger partial charge in [-0.05, 0) is 43.5 Å². The van der Waals surface area contributed by atoms with Crippen molar-refractivity contribution in [2.75, 3.05) is 24.9 Å². The molecule has 12 nitrogen and oxygen atoms in total. The van der Waals surface area contributed by atoms with Gasteiger partial charge in [0, 0.05) is 23.2 Å². The fourth-order valence-electron chi connectivity index (χ4n) is 4.47. The molecule has 0 aliphatic heterocycles. The lowest BCUT2D eigenvalue weighted by molar-refractivity contribution is -0.116. The number of rotatable bonds is 10. The molecule has 0 bridgehead atoms. The minimum absolute atomic E-state index is 0.136. The Bertz CT molecular complexity index is 1330. The fourth-order valence-corrected chi connectivity index (χ4v) is 6.28. The molecule has 2 atom stereocenters. The Morgan fingerprint density at radius 1 is 0.775 bits per heavy atom. The third-order valence-corrected chi connectivity index (χ3v) is 8.50. The lowest BCUT2D eigenvalue weighted by atomic mass is 9.82. The molecule has 0 saturated heterocycles. The molecule has 1 aliphatic rings. The van der Waals surface area contributed by atoms with Gasteiger partial charge in [-0.1, -0.05) is 29.1 Å². The van der Waals surface area contributed by atoms with E-state index in [1.54, 1.807) is 50.9 Å². The van der Waals surface area contributed by atoms with Crippen LogP contribution in [0, 0.1) is 0 Å². The average molecular weight is 581 g/mol. The van der Waals surface area contributed by atoms with Crippen molar-refractivity contribution in [2.45, 2.75) is 50.4 Å². The van der Waals surface area contributed by atoms with Crippen LogP contribution < -0.4 is 20.1 Å². The van der Waals surface area contributed by atoms with Crippen LogP contribution in [0.4, 0.5) is 10.3 Å². The SMILES string of the molecule is COc1ccc(CC(=O)Nc2nnc([C@H]3CCC[C@H](c4nnc(NC(=O)Cc5ccc(OC)cn5)s4)C3)s2)nc1. The maximum Gasteiger partial charge on any atom is 0.232 e. The highest BCUT2D eigenvalue weighted by atomic mass is 32.1. The Labute approximate surface area is 238 Å². The van der Waals surface area contributed by atoms with Crippen molar-refractivity contribution in [3.63, 3.8) is 0 Å². The molecule has 40 heavy (non-hydrogen) atoms. The minimum Gasteiger partial charge on any atom is -0.495 e. The van der Waals surface area contributed by atoms with E-state index in [9.17, 15) is 9.59 Å². The maximum absolute atomic E-state index is 12.5. The second kappa shape index (κ2) is 12.9. The molecule has 5 rings (SSSR count). The summed E-state index contributed by atoms with van der Waals surface area (Å²) in [5.74, 6) is 1.31. The first-order chi connectivity index (χ1) is 19.5. The van der Waals surface area contributed by atoms with Crippen molar-refractivity contribution in [3.05, 3.63) is 58.1 Å². The molecule has 1 saturated carbocycles. The van der Waals surface area contributed by atoms with E-state index in [-0.39, 0.29) is 36.5 Å². The van der Waals surface area contributed by atoms with Crippen LogP contribution in [0.2, 0.25) is 0 Å². The summed E-state index contributed by atoms with van der Waals surface area (Å²) < 4.78 is 10.2. The molecule has 0 spiro atoms. The van der Waals surface area contributed by atoms with Crippen molar-refractivity contribution in [2.24, 2.45) is 0 Å². The predicted molar refractivity (Wildman–Crippen MR) is 150 cm³/mol. The number of pyridine rings is 2. The van der Waals surface area contributed by atoms with E-state index >= 15 is 0 Å². The first-order valence-corrected chi connectivity index (χ1v) is 14.4. The molecule has 208 valence electrons. The van der Waals surface area contributed by atoms with Crippen LogP contribution in [0.25, 0.3) is 0 Å². The summed E-state index contributed by atoms with van der Waals surface area (Å²) in [6.45, 7) is 0. The van der Waals surface area contributed by atoms with Crippen LogP contribution in [-0.4, -0.2) is 56.4 Å². The van der Waals surface area contributed by atoms with Gasteiger partial charge in [0.1, 0.15) is 21.5 Å². The molecule has 0 aromatic carbocycles. The van der Waals surface area contributed by atoms with Crippen molar-refractivity contribution in [1.29, 1.82) is 0 Å². The molecule has 4 heterocycles. The molecule has 1 fully saturated rings. The van der Waals surface area contributed by atoms with Gasteiger partial charge in [-0.15, -0.1) is 20.4 Å². The number of hydrogen-bond donors (Lipinski definition) is 2. The van der Waals surface area contributed by atoms with Gasteiger partial charge in [0.2, 0.25) is 22.1 Å². The topological polar surface area (TPSA) is 154 Å². The van der Waals surface area contributed by atoms with Gasteiger partial charge in [-0.2, -0.15) is 0 Å². The van der Waals surface area contributed by atoms with Crippen LogP contribution in [0.3, 0.4) is 0 Å². The largest absolute Gasteiger partial charge is 0.495 e. The first kappa shape index (κ1) is 27.5. The molecule has 1 aliphatic carbocycles. The molecule has 14 heteroatoms. The smallest absolute Gasteiger partial charge is 0.232 e. The molecule has 4 aromatic rings. The Kier molecular flexibility index (Phi) is 8.86. The maximum atomic E-state index is 12.5. The summed E-state index contributed by atoms with van der Waals surface area (Å²) in [5.41, 5.74) is 1.28. The fraction of sp³-hybridized carbons (Fsp3) is 0.385. The highest BCUT2D eigenvalue weighted by Gasteiger charge is 2.29. The number of hydrogen-bond acceptors (Lipinski definition) is 12. The standard InChI is InChI=1S/C26H28N8O4S2/c1-37-19-8-6-17(27-13-19)11-21(35)29-25-33-31-23(39-25)15-4-3-5-16(10-15)24-32-34-26(40-24)30-22(36)12-18-7-9-20(38-2)14-28-18/h6-9,13-16H,3-5,10-12H2,1-2H3,(H,29,33,35)(H,30,34,36)/t15-,16-/m0/s1. The zero-order valence-corrected chi connectivity index (χ0v) is 23.6. The molecular formula is C26H28N8O4S2. The van der Waals surface area contributed by atoms with Crippen molar-refractivity contribution in [1.82, 2.24) is 30.4 Å². The number of nitrogens with zero attached hydrogens (tertiary/aromatic N) is 6. The van der Waals surface area contributed by atoms with Gasteiger partial charge in [-0.3, -0.25) is 19.6 Å². The van der Waals surface area contributed by atoms with Crippen molar-refractivity contribution >= 4 is 44.8 Å². The number of nitrogens with one attached hydrogen (secondary N) is 2. The number of aromatic nitrogens is 6. The summed E-state index contributed by atoms with van der Waals surface area (Å²) in [7, 11) is 3.14. The third-order valence-electron chi connectivity index (χ3n) is 6.50. The minimum atomic E-state index is -0.201. The summed E-state index contributed by atoms with van der Waals surface area (Å²) >= 11 is 2.80. The average Bonchev–Trinajstić information content (AvgIpc) is 3.64. The summed E-state index contributed by atoms with van der Waals surface area (Å²) in [5, 5.41) is 25.5. The van der Waals surface area contributed by atoms with Gasteiger partial charge >= 0.3 is 0 Å². The van der Waals surface area contributed by atoms with E-state index < -0.39 is 0 Å². The van der Waals surface area contributed by atoms with Crippen LogP contribution in [-0.2, 0) is 22.4 Å². The van der Waals surface area contributed by atoms with E-state index in [2.05, 4.69) is 41.0 Å². The highest BCUT2D eigenvalue weighted by molar-refractivity contribution is 7.15. The molecular weight excluding hydrogens is 552 g/mol. The molecule has 0 unspecified atom stereocenters. The highest BCUT2D eigenvalue weighted by Crippen LogP contribution is 2.43. The second-order valence-electron chi connectivity index (χ2n) is 9.28. The number of amides is 2. The number of anilines is 2. The molecule has 0 radical (unpaired) electrons. The Balaban J connectivity index is 1.13. The van der Waals surface area contributed by atoms with E-state index in [0.717, 1.165) is 35.7 Å². The second-order valence-corrected chi connectivity index (χ2v) is 11.3. The van der Waals surface area contributed by atoms with E-state index in [1.807, 2.05) is 0 Å². The zero-order chi connectivity index (χ0) is 27.9. The molecule has 4 aromatic heterocycles. The van der Waals surface area contributed by atoms with Gasteiger partial charge in [-0.25, -0.2) is 0 Å². The van der Waals surface area contributed by atoms with Gasteiger partial charge < -0.3 is 20.1 Å². The van der Waals surface area contributed by atoms with Crippen molar-refractivity contribution < 1.29 is 19.1 Å². The Morgan fingerprint density at radius 2 is 1.25 bits per heavy atom.